The number of aryl methyl sites for hydroxylation is 2. The normalized spacial score (nSPS) is 18.4. The fourth-order valence-corrected chi connectivity index (χ4v) is 4.08. The van der Waals surface area contributed by atoms with Gasteiger partial charge in [-0.2, -0.15) is 0 Å². The van der Waals surface area contributed by atoms with Gasteiger partial charge >= 0.3 is 5.91 Å². The van der Waals surface area contributed by atoms with Crippen LogP contribution in [0.15, 0.2) is 54.1 Å². The van der Waals surface area contributed by atoms with Crippen LogP contribution >= 0.6 is 22.9 Å². The number of anilines is 1. The zero-order valence-corrected chi connectivity index (χ0v) is 17.2. The van der Waals surface area contributed by atoms with Crippen LogP contribution in [-0.4, -0.2) is 27.0 Å². The Morgan fingerprint density at radius 3 is 2.28 bits per heavy atom. The second kappa shape index (κ2) is 7.42. The summed E-state index contributed by atoms with van der Waals surface area (Å²) in [7, 11) is 0. The van der Waals surface area contributed by atoms with E-state index in [2.05, 4.69) is 10.2 Å². The summed E-state index contributed by atoms with van der Waals surface area (Å²) >= 11 is 7.22. The Hall–Kier alpha value is -3.03. The highest BCUT2D eigenvalue weighted by Crippen LogP contribution is 2.43. The SMILES string of the molecule is Cc1ccc(C(O)=C2C(=O)C(=O)N(c3nnc(C)s3)C2c2ccc(Cl)cc2)cc1. The van der Waals surface area contributed by atoms with E-state index in [-0.39, 0.29) is 11.3 Å². The van der Waals surface area contributed by atoms with Gasteiger partial charge in [-0.05, 0) is 31.5 Å². The third-order valence-electron chi connectivity index (χ3n) is 4.68. The van der Waals surface area contributed by atoms with Gasteiger partial charge in [-0.3, -0.25) is 14.5 Å². The van der Waals surface area contributed by atoms with Gasteiger partial charge in [-0.25, -0.2) is 0 Å². The van der Waals surface area contributed by atoms with E-state index in [1.165, 1.54) is 16.2 Å². The highest BCUT2D eigenvalue weighted by Gasteiger charge is 2.48. The predicted molar refractivity (Wildman–Crippen MR) is 112 cm³/mol. The highest BCUT2D eigenvalue weighted by molar-refractivity contribution is 7.15. The van der Waals surface area contributed by atoms with E-state index in [1.54, 1.807) is 43.3 Å². The van der Waals surface area contributed by atoms with Crippen molar-refractivity contribution in [1.82, 2.24) is 10.2 Å². The van der Waals surface area contributed by atoms with Gasteiger partial charge in [0.05, 0.1) is 11.6 Å². The van der Waals surface area contributed by atoms with Crippen LogP contribution in [0.2, 0.25) is 5.02 Å². The van der Waals surface area contributed by atoms with Gasteiger partial charge in [0, 0.05) is 10.6 Å². The number of aliphatic hydroxyl groups excluding tert-OH is 1. The van der Waals surface area contributed by atoms with Crippen LogP contribution in [0.1, 0.15) is 27.7 Å². The maximum Gasteiger partial charge on any atom is 0.301 e. The Kier molecular flexibility index (Phi) is 4.94. The summed E-state index contributed by atoms with van der Waals surface area (Å²) in [6, 6.07) is 13.1. The molecule has 2 aromatic carbocycles. The Morgan fingerprint density at radius 2 is 1.69 bits per heavy atom. The Morgan fingerprint density at radius 1 is 1.03 bits per heavy atom. The Balaban J connectivity index is 1.93. The number of aliphatic hydroxyl groups is 1. The number of benzene rings is 2. The molecule has 1 N–H and O–H groups in total. The molecule has 1 atom stereocenters. The molecule has 6 nitrogen and oxygen atoms in total. The number of hydrogen-bond donors (Lipinski definition) is 1. The van der Waals surface area contributed by atoms with Crippen LogP contribution < -0.4 is 4.90 Å². The van der Waals surface area contributed by atoms with Gasteiger partial charge in [0.25, 0.3) is 5.78 Å². The lowest BCUT2D eigenvalue weighted by Gasteiger charge is -2.22. The standard InChI is InChI=1S/C21H16ClN3O3S/c1-11-3-5-14(6-4-11)18(26)16-17(13-7-9-15(22)10-8-13)25(20(28)19(16)27)21-24-23-12(2)29-21/h3-10,17,26H,1-2H3. The molecule has 0 spiro atoms. The van der Waals surface area contributed by atoms with Gasteiger partial charge in [-0.1, -0.05) is 64.9 Å². The minimum absolute atomic E-state index is 0.00836. The predicted octanol–water partition coefficient (Wildman–Crippen LogP) is 4.43. The summed E-state index contributed by atoms with van der Waals surface area (Å²) in [4.78, 5) is 27.1. The van der Waals surface area contributed by atoms with E-state index in [0.717, 1.165) is 5.56 Å². The molecule has 2 heterocycles. The van der Waals surface area contributed by atoms with Crippen molar-refractivity contribution in [2.45, 2.75) is 19.9 Å². The van der Waals surface area contributed by atoms with Crippen LogP contribution in [0.5, 0.6) is 0 Å². The van der Waals surface area contributed by atoms with Crippen molar-refractivity contribution < 1.29 is 14.7 Å². The molecule has 146 valence electrons. The van der Waals surface area contributed by atoms with Gasteiger partial charge in [0.2, 0.25) is 5.13 Å². The average Bonchev–Trinajstić information content (AvgIpc) is 3.24. The quantitative estimate of drug-likeness (QED) is 0.381. The number of carbonyl (C=O) groups is 2. The number of amides is 1. The molecule has 1 fully saturated rings. The number of halogens is 1. The van der Waals surface area contributed by atoms with E-state index < -0.39 is 17.7 Å². The van der Waals surface area contributed by atoms with E-state index in [1.807, 2.05) is 19.1 Å². The highest BCUT2D eigenvalue weighted by atomic mass is 35.5. The van der Waals surface area contributed by atoms with Crippen LogP contribution in [0.4, 0.5) is 5.13 Å². The average molecular weight is 426 g/mol. The number of nitrogens with zero attached hydrogens (tertiary/aromatic N) is 3. The number of rotatable bonds is 3. The van der Waals surface area contributed by atoms with Crippen molar-refractivity contribution in [3.63, 3.8) is 0 Å². The molecule has 4 rings (SSSR count). The summed E-state index contributed by atoms with van der Waals surface area (Å²) in [5, 5.41) is 20.5. The topological polar surface area (TPSA) is 83.4 Å². The van der Waals surface area contributed by atoms with Crippen molar-refractivity contribution in [2.24, 2.45) is 0 Å². The molecular formula is C21H16ClN3O3S. The lowest BCUT2D eigenvalue weighted by Crippen LogP contribution is -2.29. The van der Waals surface area contributed by atoms with Crippen molar-refractivity contribution in [1.29, 1.82) is 0 Å². The third kappa shape index (κ3) is 3.43. The molecule has 0 saturated carbocycles. The van der Waals surface area contributed by atoms with Gasteiger partial charge in [-0.15, -0.1) is 10.2 Å². The number of hydrogen-bond acceptors (Lipinski definition) is 6. The molecule has 1 saturated heterocycles. The van der Waals surface area contributed by atoms with Crippen molar-refractivity contribution in [3.8, 4) is 0 Å². The van der Waals surface area contributed by atoms with Crippen molar-refractivity contribution >= 4 is 45.5 Å². The van der Waals surface area contributed by atoms with Crippen LogP contribution in [0.3, 0.4) is 0 Å². The van der Waals surface area contributed by atoms with E-state index in [4.69, 9.17) is 11.6 Å². The zero-order valence-electron chi connectivity index (χ0n) is 15.6. The molecule has 1 unspecified atom stereocenters. The lowest BCUT2D eigenvalue weighted by molar-refractivity contribution is -0.132. The first-order valence-electron chi connectivity index (χ1n) is 8.80. The van der Waals surface area contributed by atoms with Crippen LogP contribution in [-0.2, 0) is 9.59 Å². The molecule has 0 aliphatic carbocycles. The van der Waals surface area contributed by atoms with Gasteiger partial charge in [0.15, 0.2) is 0 Å². The third-order valence-corrected chi connectivity index (χ3v) is 5.77. The first-order valence-corrected chi connectivity index (χ1v) is 10.00. The summed E-state index contributed by atoms with van der Waals surface area (Å²) in [6.45, 7) is 3.69. The van der Waals surface area contributed by atoms with Crippen molar-refractivity contribution in [2.75, 3.05) is 4.90 Å². The number of Topliss-reactive ketones (excluding diaryl/α,β-unsaturated/α-hetero) is 1. The fraction of sp³-hybridized carbons (Fsp3) is 0.143. The van der Waals surface area contributed by atoms with E-state index in [9.17, 15) is 14.7 Å². The Bertz CT molecular complexity index is 1140. The lowest BCUT2D eigenvalue weighted by atomic mass is 9.95. The monoisotopic (exact) mass is 425 g/mol. The molecule has 3 aromatic rings. The number of ketones is 1. The van der Waals surface area contributed by atoms with E-state index >= 15 is 0 Å². The smallest absolute Gasteiger partial charge is 0.301 e. The number of carbonyl (C=O) groups excluding carboxylic acids is 2. The van der Waals surface area contributed by atoms with Crippen molar-refractivity contribution in [3.05, 3.63) is 80.8 Å². The maximum absolute atomic E-state index is 12.9. The molecule has 0 radical (unpaired) electrons. The fourth-order valence-electron chi connectivity index (χ4n) is 3.24. The molecule has 8 heteroatoms. The summed E-state index contributed by atoms with van der Waals surface area (Å²) < 4.78 is 0. The number of aromatic nitrogens is 2. The first-order chi connectivity index (χ1) is 13.9. The summed E-state index contributed by atoms with van der Waals surface area (Å²) in [6.07, 6.45) is 0. The second-order valence-corrected chi connectivity index (χ2v) is 8.29. The van der Waals surface area contributed by atoms with Crippen LogP contribution in [0.25, 0.3) is 5.76 Å². The summed E-state index contributed by atoms with van der Waals surface area (Å²) in [5.74, 6) is -1.75. The van der Waals surface area contributed by atoms with Gasteiger partial charge in [0.1, 0.15) is 10.8 Å². The molecule has 1 amide bonds. The molecule has 29 heavy (non-hydrogen) atoms. The minimum Gasteiger partial charge on any atom is -0.507 e. The molecule has 1 aromatic heterocycles. The molecule has 0 bridgehead atoms. The second-order valence-electron chi connectivity index (χ2n) is 6.69. The molecular weight excluding hydrogens is 410 g/mol. The Labute approximate surface area is 176 Å². The van der Waals surface area contributed by atoms with Gasteiger partial charge < -0.3 is 5.11 Å². The largest absolute Gasteiger partial charge is 0.507 e. The molecule has 1 aliphatic heterocycles. The zero-order chi connectivity index (χ0) is 20.7. The maximum atomic E-state index is 12.9. The van der Waals surface area contributed by atoms with E-state index in [0.29, 0.717) is 26.3 Å². The van der Waals surface area contributed by atoms with Crippen LogP contribution in [0, 0.1) is 13.8 Å². The first kappa shape index (κ1) is 19.3. The molecule has 1 aliphatic rings. The summed E-state index contributed by atoms with van der Waals surface area (Å²) in [5.41, 5.74) is 2.12. The minimum atomic E-state index is -0.832.